The zero-order valence-corrected chi connectivity index (χ0v) is 15.5. The molecule has 0 heterocycles. The first-order chi connectivity index (χ1) is 11.4. The van der Waals surface area contributed by atoms with Crippen LogP contribution in [0.4, 0.5) is 0 Å². The number of benzene rings is 3. The lowest BCUT2D eigenvalue weighted by Crippen LogP contribution is -2.31. The molecule has 3 aromatic carbocycles. The zero-order valence-electron chi connectivity index (χ0n) is 13.5. The summed E-state index contributed by atoms with van der Waals surface area (Å²) in [5.74, 6) is 0. The molecular formula is C21H22OSi. The molecule has 0 radical (unpaired) electrons. The summed E-state index contributed by atoms with van der Waals surface area (Å²) in [7, 11) is 0.769. The van der Waals surface area contributed by atoms with E-state index in [4.69, 9.17) is 4.43 Å². The molecule has 0 amide bonds. The molecule has 1 nitrogen and oxygen atoms in total. The Bertz CT molecular complexity index is 614. The average Bonchev–Trinajstić information content (AvgIpc) is 2.65. The van der Waals surface area contributed by atoms with Crippen LogP contribution in [0.1, 0.15) is 23.1 Å². The third kappa shape index (κ3) is 3.14. The first-order valence-corrected chi connectivity index (χ1v) is 8.85. The van der Waals surface area contributed by atoms with Gasteiger partial charge in [-0.05, 0) is 23.1 Å². The second-order valence-electron chi connectivity index (χ2n) is 5.75. The van der Waals surface area contributed by atoms with Crippen molar-refractivity contribution in [3.63, 3.8) is 0 Å². The second-order valence-corrected chi connectivity index (χ2v) is 6.32. The zero-order chi connectivity index (χ0) is 16.0. The molecule has 0 spiro atoms. The largest absolute Gasteiger partial charge is 0.428 e. The lowest BCUT2D eigenvalue weighted by atomic mass is 9.67. The highest BCUT2D eigenvalue weighted by atomic mass is 28.2. The van der Waals surface area contributed by atoms with Crippen LogP contribution in [0.3, 0.4) is 0 Å². The molecule has 0 aliphatic carbocycles. The van der Waals surface area contributed by atoms with Gasteiger partial charge in [0.25, 0.3) is 0 Å². The Morgan fingerprint density at radius 3 is 1.26 bits per heavy atom. The van der Waals surface area contributed by atoms with E-state index in [1.54, 1.807) is 0 Å². The van der Waals surface area contributed by atoms with Crippen molar-refractivity contribution >= 4 is 10.5 Å². The molecule has 0 bridgehead atoms. The Kier molecular flexibility index (Phi) is 5.06. The fraction of sp³-hybridized carbons (Fsp3) is 0.143. The van der Waals surface area contributed by atoms with E-state index in [-0.39, 0.29) is 5.41 Å². The van der Waals surface area contributed by atoms with E-state index < -0.39 is 0 Å². The Labute approximate surface area is 141 Å². The SMILES string of the molecule is [SiH3]OCCC(c1ccccc1)(c1ccccc1)c1ccccc1. The van der Waals surface area contributed by atoms with Crippen LogP contribution in [-0.4, -0.2) is 17.1 Å². The molecule has 0 N–H and O–H groups in total. The van der Waals surface area contributed by atoms with E-state index in [1.807, 2.05) is 0 Å². The van der Waals surface area contributed by atoms with Gasteiger partial charge in [-0.1, -0.05) is 91.0 Å². The molecule has 3 aromatic rings. The fourth-order valence-corrected chi connectivity index (χ4v) is 3.56. The monoisotopic (exact) mass is 318 g/mol. The molecule has 0 aliphatic heterocycles. The molecule has 3 rings (SSSR count). The highest BCUT2D eigenvalue weighted by Gasteiger charge is 2.35. The summed E-state index contributed by atoms with van der Waals surface area (Å²) in [4.78, 5) is 0. The molecule has 0 saturated carbocycles. The van der Waals surface area contributed by atoms with Gasteiger partial charge in [-0.2, -0.15) is 0 Å². The van der Waals surface area contributed by atoms with Gasteiger partial charge in [-0.3, -0.25) is 0 Å². The standard InChI is InChI=1S/C21H22OSi/c23-22-17-16-21(18-10-4-1-5-11-18,19-12-6-2-7-13-19)20-14-8-3-9-15-20/h1-15H,16-17H2,23H3. The Hall–Kier alpha value is -2.16. The Morgan fingerprint density at radius 1 is 0.609 bits per heavy atom. The summed E-state index contributed by atoms with van der Waals surface area (Å²) in [6.45, 7) is 0.769. The maximum Gasteiger partial charge on any atom is 0.145 e. The summed E-state index contributed by atoms with van der Waals surface area (Å²) in [6.07, 6.45) is 0.939. The van der Waals surface area contributed by atoms with E-state index >= 15 is 0 Å². The van der Waals surface area contributed by atoms with Crippen molar-refractivity contribution in [1.82, 2.24) is 0 Å². The molecule has 2 heteroatoms. The molecule has 0 aliphatic rings. The van der Waals surface area contributed by atoms with Crippen molar-refractivity contribution < 1.29 is 4.43 Å². The second kappa shape index (κ2) is 7.40. The Morgan fingerprint density at radius 2 is 0.957 bits per heavy atom. The molecule has 0 fully saturated rings. The summed E-state index contributed by atoms with van der Waals surface area (Å²) in [5, 5.41) is 0. The highest BCUT2D eigenvalue weighted by Crippen LogP contribution is 2.41. The Balaban J connectivity index is 2.25. The summed E-state index contributed by atoms with van der Waals surface area (Å²) in [5.41, 5.74) is 3.78. The van der Waals surface area contributed by atoms with Gasteiger partial charge < -0.3 is 4.43 Å². The third-order valence-corrected chi connectivity index (χ3v) is 4.89. The lowest BCUT2D eigenvalue weighted by Gasteiger charge is -2.36. The lowest BCUT2D eigenvalue weighted by molar-refractivity contribution is 0.311. The van der Waals surface area contributed by atoms with Gasteiger partial charge in [0.1, 0.15) is 10.5 Å². The smallest absolute Gasteiger partial charge is 0.145 e. The minimum absolute atomic E-state index is 0.172. The molecule has 0 aromatic heterocycles. The van der Waals surface area contributed by atoms with Crippen molar-refractivity contribution in [3.8, 4) is 0 Å². The summed E-state index contributed by atoms with van der Waals surface area (Å²) >= 11 is 0. The summed E-state index contributed by atoms with van der Waals surface area (Å²) in [6, 6.07) is 32.3. The van der Waals surface area contributed by atoms with Crippen molar-refractivity contribution in [1.29, 1.82) is 0 Å². The maximum atomic E-state index is 5.60. The van der Waals surface area contributed by atoms with Gasteiger partial charge >= 0.3 is 0 Å². The van der Waals surface area contributed by atoms with E-state index in [0.29, 0.717) is 0 Å². The predicted octanol–water partition coefficient (Wildman–Crippen LogP) is 3.71. The molecule has 23 heavy (non-hydrogen) atoms. The molecule has 0 unspecified atom stereocenters. The van der Waals surface area contributed by atoms with E-state index in [9.17, 15) is 0 Å². The van der Waals surface area contributed by atoms with Crippen molar-refractivity contribution in [3.05, 3.63) is 108 Å². The first-order valence-electron chi connectivity index (χ1n) is 8.03. The van der Waals surface area contributed by atoms with Crippen molar-refractivity contribution in [2.45, 2.75) is 11.8 Å². The predicted molar refractivity (Wildman–Crippen MR) is 99.7 cm³/mol. The van der Waals surface area contributed by atoms with Gasteiger partial charge in [0.05, 0.1) is 0 Å². The van der Waals surface area contributed by atoms with Crippen LogP contribution in [0, 0.1) is 0 Å². The summed E-state index contributed by atoms with van der Waals surface area (Å²) < 4.78 is 5.60. The molecule has 0 atom stereocenters. The van der Waals surface area contributed by atoms with Gasteiger partial charge in [0.15, 0.2) is 0 Å². The topological polar surface area (TPSA) is 9.23 Å². The number of hydrogen-bond donors (Lipinski definition) is 0. The molecular weight excluding hydrogens is 296 g/mol. The van der Waals surface area contributed by atoms with Gasteiger partial charge in [0.2, 0.25) is 0 Å². The molecule has 0 saturated heterocycles. The average molecular weight is 318 g/mol. The normalized spacial score (nSPS) is 11.5. The first kappa shape index (κ1) is 15.7. The van der Waals surface area contributed by atoms with Crippen LogP contribution in [0.25, 0.3) is 0 Å². The van der Waals surface area contributed by atoms with Gasteiger partial charge in [0, 0.05) is 12.0 Å². The van der Waals surface area contributed by atoms with E-state index in [2.05, 4.69) is 91.0 Å². The van der Waals surface area contributed by atoms with Gasteiger partial charge in [-0.25, -0.2) is 0 Å². The minimum Gasteiger partial charge on any atom is -0.428 e. The maximum absolute atomic E-state index is 5.60. The van der Waals surface area contributed by atoms with E-state index in [1.165, 1.54) is 16.7 Å². The highest BCUT2D eigenvalue weighted by molar-refractivity contribution is 5.97. The number of rotatable bonds is 6. The number of hydrogen-bond acceptors (Lipinski definition) is 1. The van der Waals surface area contributed by atoms with Crippen molar-refractivity contribution in [2.24, 2.45) is 0 Å². The van der Waals surface area contributed by atoms with Crippen LogP contribution in [0.15, 0.2) is 91.0 Å². The van der Waals surface area contributed by atoms with E-state index in [0.717, 1.165) is 23.5 Å². The van der Waals surface area contributed by atoms with Gasteiger partial charge in [-0.15, -0.1) is 0 Å². The fourth-order valence-electron chi connectivity index (χ4n) is 3.36. The van der Waals surface area contributed by atoms with Crippen LogP contribution in [0.2, 0.25) is 0 Å². The van der Waals surface area contributed by atoms with Crippen LogP contribution >= 0.6 is 0 Å². The molecule has 116 valence electrons. The minimum atomic E-state index is -0.172. The third-order valence-electron chi connectivity index (χ3n) is 4.48. The van der Waals surface area contributed by atoms with Crippen LogP contribution in [0.5, 0.6) is 0 Å². The van der Waals surface area contributed by atoms with Crippen LogP contribution in [-0.2, 0) is 9.84 Å². The quantitative estimate of drug-likeness (QED) is 0.497. The van der Waals surface area contributed by atoms with Crippen LogP contribution < -0.4 is 0 Å². The van der Waals surface area contributed by atoms with Crippen molar-refractivity contribution in [2.75, 3.05) is 6.61 Å².